The first-order valence-corrected chi connectivity index (χ1v) is 5.08. The summed E-state index contributed by atoms with van der Waals surface area (Å²) in [7, 11) is 0. The van der Waals surface area contributed by atoms with Crippen LogP contribution in [0.1, 0.15) is 46.0 Å². The molecule has 0 bridgehead atoms. The van der Waals surface area contributed by atoms with E-state index in [1.54, 1.807) is 0 Å². The van der Waals surface area contributed by atoms with Crippen molar-refractivity contribution in [2.24, 2.45) is 5.73 Å². The highest BCUT2D eigenvalue weighted by molar-refractivity contribution is 4.78. The van der Waals surface area contributed by atoms with Crippen LogP contribution in [-0.4, -0.2) is 18.2 Å². The molecule has 1 rings (SSSR count). The molecule has 0 saturated heterocycles. The van der Waals surface area contributed by atoms with Crippen molar-refractivity contribution in [2.45, 2.75) is 57.7 Å². The highest BCUT2D eigenvalue weighted by Crippen LogP contribution is 2.26. The lowest BCUT2D eigenvalue weighted by Crippen LogP contribution is -2.39. The molecule has 0 aliphatic heterocycles. The molecule has 0 aromatic rings. The van der Waals surface area contributed by atoms with Gasteiger partial charge < -0.3 is 10.5 Å². The minimum atomic E-state index is -0.0744. The van der Waals surface area contributed by atoms with Gasteiger partial charge in [-0.05, 0) is 26.2 Å². The SMILES string of the molecule is CCC(C)(CN)OC1CCCC1. The summed E-state index contributed by atoms with van der Waals surface area (Å²) in [6.45, 7) is 4.90. The predicted molar refractivity (Wildman–Crippen MR) is 51.1 cm³/mol. The van der Waals surface area contributed by atoms with Gasteiger partial charge >= 0.3 is 0 Å². The van der Waals surface area contributed by atoms with Gasteiger partial charge in [-0.2, -0.15) is 0 Å². The maximum Gasteiger partial charge on any atom is 0.0777 e. The van der Waals surface area contributed by atoms with Crippen LogP contribution in [0.25, 0.3) is 0 Å². The molecule has 2 N–H and O–H groups in total. The second-order valence-corrected chi connectivity index (χ2v) is 4.03. The molecule has 0 heterocycles. The summed E-state index contributed by atoms with van der Waals surface area (Å²) in [6.07, 6.45) is 6.62. The fourth-order valence-corrected chi connectivity index (χ4v) is 1.68. The van der Waals surface area contributed by atoms with Gasteiger partial charge in [-0.25, -0.2) is 0 Å². The molecular weight excluding hydrogens is 150 g/mol. The first kappa shape index (κ1) is 10.0. The summed E-state index contributed by atoms with van der Waals surface area (Å²) in [6, 6.07) is 0. The van der Waals surface area contributed by atoms with Gasteiger partial charge in [0.2, 0.25) is 0 Å². The molecule has 1 aliphatic rings. The lowest BCUT2D eigenvalue weighted by Gasteiger charge is -2.30. The molecule has 0 aromatic heterocycles. The Kier molecular flexibility index (Phi) is 3.53. The van der Waals surface area contributed by atoms with Gasteiger partial charge in [-0.15, -0.1) is 0 Å². The quantitative estimate of drug-likeness (QED) is 0.702. The summed E-state index contributed by atoms with van der Waals surface area (Å²) in [4.78, 5) is 0. The number of ether oxygens (including phenoxy) is 1. The molecule has 0 radical (unpaired) electrons. The molecule has 2 heteroatoms. The Morgan fingerprint density at radius 3 is 2.42 bits per heavy atom. The lowest BCUT2D eigenvalue weighted by atomic mass is 10.0. The maximum atomic E-state index is 5.97. The van der Waals surface area contributed by atoms with Gasteiger partial charge in [-0.3, -0.25) is 0 Å². The van der Waals surface area contributed by atoms with Gasteiger partial charge in [0.1, 0.15) is 0 Å². The van der Waals surface area contributed by atoms with Crippen LogP contribution in [-0.2, 0) is 4.74 Å². The van der Waals surface area contributed by atoms with Crippen LogP contribution in [0.15, 0.2) is 0 Å². The molecule has 0 amide bonds. The number of hydrogen-bond donors (Lipinski definition) is 1. The van der Waals surface area contributed by atoms with Crippen molar-refractivity contribution in [2.75, 3.05) is 6.54 Å². The van der Waals surface area contributed by atoms with Crippen molar-refractivity contribution >= 4 is 0 Å². The standard InChI is InChI=1S/C10H21NO/c1-3-10(2,8-11)12-9-6-4-5-7-9/h9H,3-8,11H2,1-2H3. The van der Waals surface area contributed by atoms with Crippen LogP contribution in [0.2, 0.25) is 0 Å². The molecule has 72 valence electrons. The average Bonchev–Trinajstić information content (AvgIpc) is 2.57. The molecule has 1 saturated carbocycles. The molecular formula is C10H21NO. The normalized spacial score (nSPS) is 24.2. The minimum absolute atomic E-state index is 0.0744. The van der Waals surface area contributed by atoms with Crippen LogP contribution in [0.3, 0.4) is 0 Å². The van der Waals surface area contributed by atoms with Crippen LogP contribution >= 0.6 is 0 Å². The van der Waals surface area contributed by atoms with E-state index in [2.05, 4.69) is 13.8 Å². The first-order chi connectivity index (χ1) is 5.70. The Morgan fingerprint density at radius 2 is 2.00 bits per heavy atom. The molecule has 0 aromatic carbocycles. The molecule has 1 fully saturated rings. The zero-order valence-corrected chi connectivity index (χ0v) is 8.31. The van der Waals surface area contributed by atoms with Gasteiger partial charge in [0.05, 0.1) is 11.7 Å². The molecule has 1 unspecified atom stereocenters. The van der Waals surface area contributed by atoms with Crippen molar-refractivity contribution in [1.82, 2.24) is 0 Å². The fraction of sp³-hybridized carbons (Fsp3) is 1.00. The van der Waals surface area contributed by atoms with E-state index in [4.69, 9.17) is 10.5 Å². The Hall–Kier alpha value is -0.0800. The highest BCUT2D eigenvalue weighted by atomic mass is 16.5. The summed E-state index contributed by atoms with van der Waals surface area (Å²) in [5.41, 5.74) is 5.60. The van der Waals surface area contributed by atoms with E-state index in [0.29, 0.717) is 12.6 Å². The van der Waals surface area contributed by atoms with Crippen LogP contribution in [0, 0.1) is 0 Å². The van der Waals surface area contributed by atoms with E-state index in [1.807, 2.05) is 0 Å². The van der Waals surface area contributed by atoms with Gasteiger partial charge in [0.15, 0.2) is 0 Å². The topological polar surface area (TPSA) is 35.2 Å². The summed E-state index contributed by atoms with van der Waals surface area (Å²) >= 11 is 0. The molecule has 12 heavy (non-hydrogen) atoms. The van der Waals surface area contributed by atoms with Crippen molar-refractivity contribution in [1.29, 1.82) is 0 Å². The lowest BCUT2D eigenvalue weighted by molar-refractivity contribution is -0.0757. The number of nitrogens with two attached hydrogens (primary N) is 1. The summed E-state index contributed by atoms with van der Waals surface area (Å²) < 4.78 is 5.97. The van der Waals surface area contributed by atoms with E-state index in [0.717, 1.165) is 6.42 Å². The van der Waals surface area contributed by atoms with Crippen LogP contribution in [0.5, 0.6) is 0 Å². The smallest absolute Gasteiger partial charge is 0.0777 e. The molecule has 1 atom stereocenters. The van der Waals surface area contributed by atoms with Gasteiger partial charge in [0, 0.05) is 6.54 Å². The zero-order valence-electron chi connectivity index (χ0n) is 8.31. The number of rotatable bonds is 4. The first-order valence-electron chi connectivity index (χ1n) is 5.08. The van der Waals surface area contributed by atoms with E-state index < -0.39 is 0 Å². The highest BCUT2D eigenvalue weighted by Gasteiger charge is 2.27. The number of hydrogen-bond acceptors (Lipinski definition) is 2. The van der Waals surface area contributed by atoms with Crippen molar-refractivity contribution < 1.29 is 4.74 Å². The van der Waals surface area contributed by atoms with E-state index in [1.165, 1.54) is 25.7 Å². The van der Waals surface area contributed by atoms with Gasteiger partial charge in [-0.1, -0.05) is 19.8 Å². The second-order valence-electron chi connectivity index (χ2n) is 4.03. The summed E-state index contributed by atoms with van der Waals surface area (Å²) in [5, 5.41) is 0. The Morgan fingerprint density at radius 1 is 1.42 bits per heavy atom. The third-order valence-electron chi connectivity index (χ3n) is 2.93. The van der Waals surface area contributed by atoms with E-state index in [9.17, 15) is 0 Å². The summed E-state index contributed by atoms with van der Waals surface area (Å²) in [5.74, 6) is 0. The average molecular weight is 171 g/mol. The second kappa shape index (κ2) is 4.24. The monoisotopic (exact) mass is 171 g/mol. The largest absolute Gasteiger partial charge is 0.371 e. The third kappa shape index (κ3) is 2.46. The third-order valence-corrected chi connectivity index (χ3v) is 2.93. The Bertz CT molecular complexity index is 126. The van der Waals surface area contributed by atoms with Crippen molar-refractivity contribution in [3.05, 3.63) is 0 Å². The Balaban J connectivity index is 2.35. The predicted octanol–water partition coefficient (Wildman–Crippen LogP) is 2.07. The molecule has 2 nitrogen and oxygen atoms in total. The van der Waals surface area contributed by atoms with Crippen molar-refractivity contribution in [3.8, 4) is 0 Å². The fourth-order valence-electron chi connectivity index (χ4n) is 1.68. The minimum Gasteiger partial charge on any atom is -0.371 e. The Labute approximate surface area is 75.5 Å². The van der Waals surface area contributed by atoms with Gasteiger partial charge in [0.25, 0.3) is 0 Å². The van der Waals surface area contributed by atoms with Crippen LogP contribution in [0.4, 0.5) is 0 Å². The molecule has 0 spiro atoms. The zero-order chi connectivity index (χ0) is 9.03. The van der Waals surface area contributed by atoms with Crippen LogP contribution < -0.4 is 5.73 Å². The van der Waals surface area contributed by atoms with E-state index >= 15 is 0 Å². The van der Waals surface area contributed by atoms with E-state index in [-0.39, 0.29) is 5.60 Å². The molecule has 1 aliphatic carbocycles. The maximum absolute atomic E-state index is 5.97. The van der Waals surface area contributed by atoms with Crippen molar-refractivity contribution in [3.63, 3.8) is 0 Å².